The minimum absolute atomic E-state index is 0.0752. The first-order valence-electron chi connectivity index (χ1n) is 7.29. The molecule has 0 bridgehead atoms. The van der Waals surface area contributed by atoms with Gasteiger partial charge in [-0.25, -0.2) is 0 Å². The summed E-state index contributed by atoms with van der Waals surface area (Å²) in [5.41, 5.74) is 1.47. The van der Waals surface area contributed by atoms with Gasteiger partial charge in [-0.1, -0.05) is 67.2 Å². The Hall–Kier alpha value is -2.68. The van der Waals surface area contributed by atoms with Crippen molar-refractivity contribution in [2.75, 3.05) is 6.54 Å². The summed E-state index contributed by atoms with van der Waals surface area (Å²) in [6, 6.07) is 18.6. The summed E-state index contributed by atoms with van der Waals surface area (Å²) in [6.07, 6.45) is 3.28. The second-order valence-corrected chi connectivity index (χ2v) is 4.93. The molecule has 0 unspecified atom stereocenters. The summed E-state index contributed by atoms with van der Waals surface area (Å²) < 4.78 is 0. The SMILES string of the molecule is C=CN1CCCC1=O.O=C(c1ccccc1)c1ccccc1. The molecule has 0 aromatic heterocycles. The molecule has 112 valence electrons. The summed E-state index contributed by atoms with van der Waals surface area (Å²) in [7, 11) is 0. The van der Waals surface area contributed by atoms with Crippen LogP contribution in [0, 0.1) is 0 Å². The van der Waals surface area contributed by atoms with Gasteiger partial charge in [0.2, 0.25) is 5.91 Å². The van der Waals surface area contributed by atoms with Crippen LogP contribution in [0.25, 0.3) is 0 Å². The van der Waals surface area contributed by atoms with E-state index < -0.39 is 0 Å². The first kappa shape index (κ1) is 15.7. The normalized spacial score (nSPS) is 13.3. The van der Waals surface area contributed by atoms with Crippen molar-refractivity contribution in [2.24, 2.45) is 0 Å². The second-order valence-electron chi connectivity index (χ2n) is 4.93. The largest absolute Gasteiger partial charge is 0.320 e. The molecule has 1 aliphatic heterocycles. The number of carbonyl (C=O) groups is 2. The molecule has 1 amide bonds. The molecule has 1 fully saturated rings. The van der Waals surface area contributed by atoms with Crippen LogP contribution in [-0.2, 0) is 4.79 Å². The summed E-state index contributed by atoms with van der Waals surface area (Å²) in [5, 5.41) is 0. The maximum Gasteiger partial charge on any atom is 0.226 e. The van der Waals surface area contributed by atoms with E-state index in [-0.39, 0.29) is 11.7 Å². The number of hydrogen-bond donors (Lipinski definition) is 0. The molecule has 2 aromatic rings. The number of carbonyl (C=O) groups excluding carboxylic acids is 2. The van der Waals surface area contributed by atoms with Crippen LogP contribution in [0.3, 0.4) is 0 Å². The number of hydrogen-bond acceptors (Lipinski definition) is 2. The zero-order chi connectivity index (χ0) is 15.8. The minimum atomic E-state index is 0.0752. The fourth-order valence-corrected chi connectivity index (χ4v) is 2.21. The maximum absolute atomic E-state index is 11.8. The van der Waals surface area contributed by atoms with Crippen molar-refractivity contribution >= 4 is 11.7 Å². The van der Waals surface area contributed by atoms with E-state index in [0.29, 0.717) is 6.42 Å². The number of benzene rings is 2. The molecule has 3 nitrogen and oxygen atoms in total. The van der Waals surface area contributed by atoms with E-state index in [1.807, 2.05) is 60.7 Å². The molecule has 0 radical (unpaired) electrons. The molecule has 0 atom stereocenters. The standard InChI is InChI=1S/C13H10O.C6H9NO/c14-13(11-7-3-1-4-8-11)12-9-5-2-6-10-12;1-2-7-5-3-4-6(7)8/h1-10H;2H,1,3-5H2. The van der Waals surface area contributed by atoms with E-state index in [2.05, 4.69) is 6.58 Å². The average molecular weight is 293 g/mol. The predicted molar refractivity (Wildman–Crippen MR) is 87.5 cm³/mol. The zero-order valence-electron chi connectivity index (χ0n) is 12.4. The van der Waals surface area contributed by atoms with Crippen LogP contribution in [0.4, 0.5) is 0 Å². The van der Waals surface area contributed by atoms with E-state index in [4.69, 9.17) is 0 Å². The Morgan fingerprint density at radius 2 is 1.45 bits per heavy atom. The van der Waals surface area contributed by atoms with Crippen LogP contribution >= 0.6 is 0 Å². The molecule has 0 N–H and O–H groups in total. The predicted octanol–water partition coefficient (Wildman–Crippen LogP) is 3.67. The average Bonchev–Trinajstić information content (AvgIpc) is 3.01. The third kappa shape index (κ3) is 4.16. The fraction of sp³-hybridized carbons (Fsp3) is 0.158. The zero-order valence-corrected chi connectivity index (χ0v) is 12.4. The van der Waals surface area contributed by atoms with Gasteiger partial charge in [0.25, 0.3) is 0 Å². The van der Waals surface area contributed by atoms with Crippen molar-refractivity contribution < 1.29 is 9.59 Å². The van der Waals surface area contributed by atoms with E-state index >= 15 is 0 Å². The van der Waals surface area contributed by atoms with Crippen LogP contribution in [-0.4, -0.2) is 23.1 Å². The molecule has 0 aliphatic carbocycles. The van der Waals surface area contributed by atoms with Crippen LogP contribution in [0.1, 0.15) is 28.8 Å². The Morgan fingerprint density at radius 1 is 0.955 bits per heavy atom. The maximum atomic E-state index is 11.8. The number of likely N-dealkylation sites (tertiary alicyclic amines) is 1. The number of rotatable bonds is 3. The lowest BCUT2D eigenvalue weighted by Crippen LogP contribution is -2.16. The number of nitrogens with zero attached hydrogens (tertiary/aromatic N) is 1. The quantitative estimate of drug-likeness (QED) is 0.810. The van der Waals surface area contributed by atoms with Crippen LogP contribution in [0.2, 0.25) is 0 Å². The third-order valence-corrected chi connectivity index (χ3v) is 3.40. The summed E-state index contributed by atoms with van der Waals surface area (Å²) in [6.45, 7) is 4.36. The van der Waals surface area contributed by atoms with Gasteiger partial charge in [0, 0.05) is 24.1 Å². The molecule has 1 aliphatic rings. The summed E-state index contributed by atoms with van der Waals surface area (Å²) in [5.74, 6) is 0.284. The Kier molecular flexibility index (Phi) is 5.66. The smallest absolute Gasteiger partial charge is 0.226 e. The monoisotopic (exact) mass is 293 g/mol. The first-order valence-corrected chi connectivity index (χ1v) is 7.29. The van der Waals surface area contributed by atoms with Gasteiger partial charge in [0.15, 0.2) is 5.78 Å². The van der Waals surface area contributed by atoms with E-state index in [0.717, 1.165) is 24.1 Å². The Labute approximate surface area is 130 Å². The molecule has 22 heavy (non-hydrogen) atoms. The highest BCUT2D eigenvalue weighted by molar-refractivity contribution is 6.08. The summed E-state index contributed by atoms with van der Waals surface area (Å²) in [4.78, 5) is 24.2. The van der Waals surface area contributed by atoms with Crippen molar-refractivity contribution in [1.29, 1.82) is 0 Å². The van der Waals surface area contributed by atoms with Crippen molar-refractivity contribution in [1.82, 2.24) is 4.90 Å². The van der Waals surface area contributed by atoms with Gasteiger partial charge in [0.05, 0.1) is 0 Å². The van der Waals surface area contributed by atoms with Crippen molar-refractivity contribution in [3.05, 3.63) is 84.6 Å². The highest BCUT2D eigenvalue weighted by atomic mass is 16.2. The van der Waals surface area contributed by atoms with Crippen molar-refractivity contribution in [3.63, 3.8) is 0 Å². The molecule has 0 saturated carbocycles. The van der Waals surface area contributed by atoms with Gasteiger partial charge in [-0.05, 0) is 12.6 Å². The fourth-order valence-electron chi connectivity index (χ4n) is 2.21. The highest BCUT2D eigenvalue weighted by Crippen LogP contribution is 2.09. The Morgan fingerprint density at radius 3 is 1.77 bits per heavy atom. The highest BCUT2D eigenvalue weighted by Gasteiger charge is 2.16. The van der Waals surface area contributed by atoms with Crippen LogP contribution in [0.15, 0.2) is 73.4 Å². The molecule has 3 rings (SSSR count). The lowest BCUT2D eigenvalue weighted by Gasteiger charge is -2.05. The lowest BCUT2D eigenvalue weighted by atomic mass is 10.0. The lowest BCUT2D eigenvalue weighted by molar-refractivity contribution is -0.125. The topological polar surface area (TPSA) is 37.4 Å². The van der Waals surface area contributed by atoms with E-state index in [9.17, 15) is 9.59 Å². The molecule has 1 saturated heterocycles. The van der Waals surface area contributed by atoms with Crippen LogP contribution in [0.5, 0.6) is 0 Å². The molecule has 3 heteroatoms. The van der Waals surface area contributed by atoms with Gasteiger partial charge in [-0.2, -0.15) is 0 Å². The van der Waals surface area contributed by atoms with Gasteiger partial charge in [0.1, 0.15) is 0 Å². The molecular formula is C19H19NO2. The number of amides is 1. The minimum Gasteiger partial charge on any atom is -0.320 e. The van der Waals surface area contributed by atoms with E-state index in [1.165, 1.54) is 0 Å². The second kappa shape index (κ2) is 7.93. The van der Waals surface area contributed by atoms with E-state index in [1.54, 1.807) is 11.1 Å². The van der Waals surface area contributed by atoms with Gasteiger partial charge in [-0.15, -0.1) is 0 Å². The van der Waals surface area contributed by atoms with Gasteiger partial charge < -0.3 is 4.90 Å². The molecule has 2 aromatic carbocycles. The third-order valence-electron chi connectivity index (χ3n) is 3.40. The Bertz CT molecular complexity index is 593. The number of ketones is 1. The molecular weight excluding hydrogens is 274 g/mol. The summed E-state index contributed by atoms with van der Waals surface area (Å²) >= 11 is 0. The van der Waals surface area contributed by atoms with Crippen molar-refractivity contribution in [3.8, 4) is 0 Å². The molecule has 1 heterocycles. The van der Waals surface area contributed by atoms with Gasteiger partial charge >= 0.3 is 0 Å². The molecule has 0 spiro atoms. The van der Waals surface area contributed by atoms with Gasteiger partial charge in [-0.3, -0.25) is 9.59 Å². The Balaban J connectivity index is 0.000000188. The first-order chi connectivity index (χ1) is 10.7. The van der Waals surface area contributed by atoms with Crippen LogP contribution < -0.4 is 0 Å². The van der Waals surface area contributed by atoms with Crippen molar-refractivity contribution in [2.45, 2.75) is 12.8 Å².